The normalized spacial score (nSPS) is 22.4. The highest BCUT2D eigenvalue weighted by atomic mass is 16.5. The highest BCUT2D eigenvalue weighted by molar-refractivity contribution is 5.96. The first-order valence-corrected chi connectivity index (χ1v) is 13.8. The van der Waals surface area contributed by atoms with E-state index in [9.17, 15) is 14.9 Å². The number of carbonyl (C=O) groups is 2. The number of hydrogen-bond acceptors (Lipinski definition) is 7. The summed E-state index contributed by atoms with van der Waals surface area (Å²) in [5, 5.41) is 16.2. The Bertz CT molecular complexity index is 792. The van der Waals surface area contributed by atoms with Crippen LogP contribution in [0.2, 0.25) is 0 Å². The van der Waals surface area contributed by atoms with Crippen molar-refractivity contribution in [1.29, 1.82) is 5.26 Å². The van der Waals surface area contributed by atoms with Crippen LogP contribution in [0.5, 0.6) is 0 Å². The summed E-state index contributed by atoms with van der Waals surface area (Å²) in [5.74, 6) is 0.680. The van der Waals surface area contributed by atoms with Crippen molar-refractivity contribution < 1.29 is 14.3 Å². The second-order valence-corrected chi connectivity index (χ2v) is 10.3. The summed E-state index contributed by atoms with van der Waals surface area (Å²) in [4.78, 5) is 37.4. The average molecular weight is 504 g/mol. The zero-order valence-electron chi connectivity index (χ0n) is 22.4. The summed E-state index contributed by atoms with van der Waals surface area (Å²) < 4.78 is 5.16. The Balaban J connectivity index is 1.89. The van der Waals surface area contributed by atoms with Crippen molar-refractivity contribution >= 4 is 18.0 Å². The molecule has 10 heteroatoms. The second kappa shape index (κ2) is 13.8. The van der Waals surface area contributed by atoms with Crippen LogP contribution in [-0.4, -0.2) is 104 Å². The Morgan fingerprint density at radius 1 is 1.17 bits per heavy atom. The molecule has 0 radical (unpaired) electrons. The molecule has 2 amide bonds. The fraction of sp³-hybridized carbons (Fsp3) is 0.846. The molecule has 36 heavy (non-hydrogen) atoms. The number of nitrogens with one attached hydrogen (secondary N) is 2. The maximum atomic E-state index is 14.0. The lowest BCUT2D eigenvalue weighted by atomic mass is 9.83. The molecule has 2 aliphatic heterocycles. The van der Waals surface area contributed by atoms with Crippen LogP contribution in [0.4, 0.5) is 4.79 Å². The van der Waals surface area contributed by atoms with E-state index in [4.69, 9.17) is 9.73 Å². The van der Waals surface area contributed by atoms with Crippen LogP contribution >= 0.6 is 0 Å². The number of amides is 2. The number of rotatable bonds is 7. The average Bonchev–Trinajstić information content (AvgIpc) is 2.92. The molecule has 1 atom stereocenters. The van der Waals surface area contributed by atoms with E-state index in [0.29, 0.717) is 57.3 Å². The fourth-order valence-electron chi connectivity index (χ4n) is 5.62. The predicted octanol–water partition coefficient (Wildman–Crippen LogP) is 2.17. The van der Waals surface area contributed by atoms with E-state index in [1.807, 2.05) is 0 Å². The first-order valence-electron chi connectivity index (χ1n) is 13.8. The molecule has 0 aromatic carbocycles. The van der Waals surface area contributed by atoms with Crippen molar-refractivity contribution in [1.82, 2.24) is 25.3 Å². The van der Waals surface area contributed by atoms with E-state index in [-0.39, 0.29) is 12.5 Å². The molecule has 1 aliphatic carbocycles. The number of nitrogens with zero attached hydrogens (tertiary/aromatic N) is 5. The zero-order chi connectivity index (χ0) is 26.0. The molecular formula is C26H45N7O3. The Morgan fingerprint density at radius 3 is 2.42 bits per heavy atom. The summed E-state index contributed by atoms with van der Waals surface area (Å²) in [6.45, 7) is 9.72. The smallest absolute Gasteiger partial charge is 0.413 e. The number of alkyl carbamates (subject to hydrolysis) is 1. The molecule has 3 fully saturated rings. The molecule has 1 unspecified atom stereocenters. The van der Waals surface area contributed by atoms with E-state index < -0.39 is 17.7 Å². The van der Waals surface area contributed by atoms with Crippen molar-refractivity contribution in [3.8, 4) is 6.07 Å². The highest BCUT2D eigenvalue weighted by Gasteiger charge is 2.41. The van der Waals surface area contributed by atoms with Gasteiger partial charge in [0.05, 0.1) is 12.7 Å². The molecule has 0 bridgehead atoms. The Morgan fingerprint density at radius 2 is 1.83 bits per heavy atom. The Labute approximate surface area is 216 Å². The lowest BCUT2D eigenvalue weighted by Gasteiger charge is -2.41. The van der Waals surface area contributed by atoms with Gasteiger partial charge in [-0.1, -0.05) is 39.0 Å². The third-order valence-corrected chi connectivity index (χ3v) is 8.06. The van der Waals surface area contributed by atoms with E-state index in [1.54, 1.807) is 18.9 Å². The molecule has 1 saturated carbocycles. The number of hydrogen-bond donors (Lipinski definition) is 2. The number of piperidine rings is 1. The number of aliphatic imine (C=N–C) groups is 1. The molecule has 0 aromatic heterocycles. The van der Waals surface area contributed by atoms with E-state index in [2.05, 4.69) is 33.4 Å². The van der Waals surface area contributed by atoms with Crippen molar-refractivity contribution in [3.05, 3.63) is 0 Å². The van der Waals surface area contributed by atoms with Gasteiger partial charge in [-0.25, -0.2) is 9.79 Å². The van der Waals surface area contributed by atoms with Gasteiger partial charge in [0, 0.05) is 33.2 Å². The maximum Gasteiger partial charge on any atom is 0.413 e. The molecule has 202 valence electrons. The minimum absolute atomic E-state index is 0.139. The van der Waals surface area contributed by atoms with Gasteiger partial charge in [0.2, 0.25) is 11.9 Å². The largest absolute Gasteiger partial charge is 0.450 e. The van der Waals surface area contributed by atoms with Gasteiger partial charge in [-0.2, -0.15) is 5.26 Å². The van der Waals surface area contributed by atoms with Crippen molar-refractivity contribution in [3.63, 3.8) is 0 Å². The standard InChI is InChI=1S/C26H45N7O3/c1-4-32-15-17-33(18-16-32)24(30-25(35)36-5-2)29-22(19-21-9-7-6-8-10-21)23(34)31(3)26(20-27)11-13-28-14-12-26/h21-22,28H,4-19H2,1-3H3,(H,29,30,35). The minimum atomic E-state index is -0.829. The van der Waals surface area contributed by atoms with Gasteiger partial charge in [-0.3, -0.25) is 10.1 Å². The molecule has 2 heterocycles. The van der Waals surface area contributed by atoms with Gasteiger partial charge in [-0.05, 0) is 51.7 Å². The Hall–Kier alpha value is -2.38. The van der Waals surface area contributed by atoms with E-state index in [0.717, 1.165) is 32.5 Å². The third-order valence-electron chi connectivity index (χ3n) is 8.06. The topological polar surface area (TPSA) is 113 Å². The molecule has 2 N–H and O–H groups in total. The van der Waals surface area contributed by atoms with E-state index >= 15 is 0 Å². The minimum Gasteiger partial charge on any atom is -0.450 e. The van der Waals surface area contributed by atoms with Crippen LogP contribution in [0.3, 0.4) is 0 Å². The number of ether oxygens (including phenoxy) is 1. The first kappa shape index (κ1) is 28.2. The highest BCUT2D eigenvalue weighted by Crippen LogP contribution is 2.31. The van der Waals surface area contributed by atoms with Gasteiger partial charge in [0.25, 0.3) is 0 Å². The lowest BCUT2D eigenvalue weighted by molar-refractivity contribution is -0.136. The van der Waals surface area contributed by atoms with Crippen LogP contribution in [0.25, 0.3) is 0 Å². The molecule has 3 aliphatic rings. The Kier molecular flexibility index (Phi) is 10.8. The second-order valence-electron chi connectivity index (χ2n) is 10.3. The number of likely N-dealkylation sites (N-methyl/N-ethyl adjacent to an activating group) is 2. The van der Waals surface area contributed by atoms with Gasteiger partial charge in [0.1, 0.15) is 11.6 Å². The van der Waals surface area contributed by atoms with Crippen LogP contribution in [0.15, 0.2) is 4.99 Å². The number of carbonyl (C=O) groups excluding carboxylic acids is 2. The van der Waals surface area contributed by atoms with Gasteiger partial charge < -0.3 is 24.8 Å². The summed E-state index contributed by atoms with van der Waals surface area (Å²) in [6.07, 6.45) is 7.03. The zero-order valence-corrected chi connectivity index (χ0v) is 22.4. The van der Waals surface area contributed by atoms with Crippen LogP contribution < -0.4 is 10.6 Å². The lowest BCUT2D eigenvalue weighted by Crippen LogP contribution is -2.57. The van der Waals surface area contributed by atoms with Crippen molar-refractivity contribution in [2.24, 2.45) is 10.9 Å². The number of piperazine rings is 1. The molecule has 3 rings (SSSR count). The molecule has 0 aromatic rings. The quantitative estimate of drug-likeness (QED) is 0.404. The predicted molar refractivity (Wildman–Crippen MR) is 139 cm³/mol. The molecule has 0 spiro atoms. The van der Waals surface area contributed by atoms with E-state index in [1.165, 1.54) is 19.3 Å². The summed E-state index contributed by atoms with van der Waals surface area (Å²) in [6, 6.07) is 1.79. The monoisotopic (exact) mass is 503 g/mol. The molecule has 10 nitrogen and oxygen atoms in total. The van der Waals surface area contributed by atoms with Gasteiger partial charge in [-0.15, -0.1) is 0 Å². The number of guanidine groups is 1. The summed E-state index contributed by atoms with van der Waals surface area (Å²) in [5.41, 5.74) is -0.829. The van der Waals surface area contributed by atoms with Crippen molar-refractivity contribution in [2.45, 2.75) is 76.8 Å². The number of nitriles is 1. The summed E-state index contributed by atoms with van der Waals surface area (Å²) >= 11 is 0. The fourth-order valence-corrected chi connectivity index (χ4v) is 5.62. The molecular weight excluding hydrogens is 458 g/mol. The first-order chi connectivity index (χ1) is 17.4. The molecule has 2 saturated heterocycles. The SMILES string of the molecule is CCOC(=O)NC(=NC(CC1CCCCC1)C(=O)N(C)C1(C#N)CCNCC1)N1CCN(CC)CC1. The van der Waals surface area contributed by atoms with Crippen molar-refractivity contribution in [2.75, 3.05) is 59.5 Å². The van der Waals surface area contributed by atoms with Crippen LogP contribution in [-0.2, 0) is 9.53 Å². The third kappa shape index (κ3) is 7.32. The summed E-state index contributed by atoms with van der Waals surface area (Å²) in [7, 11) is 1.75. The van der Waals surface area contributed by atoms with Crippen LogP contribution in [0, 0.1) is 17.2 Å². The van der Waals surface area contributed by atoms with Gasteiger partial charge in [0.15, 0.2) is 0 Å². The van der Waals surface area contributed by atoms with Gasteiger partial charge >= 0.3 is 6.09 Å². The van der Waals surface area contributed by atoms with Crippen LogP contribution in [0.1, 0.15) is 65.2 Å². The maximum absolute atomic E-state index is 14.0.